The third-order valence-electron chi connectivity index (χ3n) is 4.54. The lowest BCUT2D eigenvalue weighted by Crippen LogP contribution is -2.44. The molecule has 6 heteroatoms. The Balaban J connectivity index is 1.56. The van der Waals surface area contributed by atoms with E-state index in [9.17, 15) is 4.79 Å². The highest BCUT2D eigenvalue weighted by Gasteiger charge is 2.29. The molecule has 1 aromatic carbocycles. The molecule has 0 radical (unpaired) electrons. The smallest absolute Gasteiger partial charge is 0.251 e. The van der Waals surface area contributed by atoms with Crippen molar-refractivity contribution in [1.82, 2.24) is 19.7 Å². The zero-order valence-electron chi connectivity index (χ0n) is 14.3. The van der Waals surface area contributed by atoms with Gasteiger partial charge in [0, 0.05) is 26.1 Å². The van der Waals surface area contributed by atoms with Gasteiger partial charge in [0.05, 0.1) is 6.61 Å². The lowest BCUT2D eigenvalue weighted by Gasteiger charge is -2.33. The Bertz CT molecular complexity index is 671. The van der Waals surface area contributed by atoms with Crippen LogP contribution in [0.2, 0.25) is 0 Å². The molecular weight excluding hydrogens is 304 g/mol. The van der Waals surface area contributed by atoms with Crippen molar-refractivity contribution in [2.45, 2.75) is 38.4 Å². The standard InChI is InChI=1S/C18H24N4O2/c1-14(24-12-15-7-4-3-5-8-15)18(23)22-10-6-9-16(11-22)17-20-19-13-21(17)2/h3-5,7-8,13-14,16H,6,9-12H2,1-2H3/t14-,16+/m0/s1. The molecule has 128 valence electrons. The van der Waals surface area contributed by atoms with Crippen molar-refractivity contribution < 1.29 is 9.53 Å². The summed E-state index contributed by atoms with van der Waals surface area (Å²) in [4.78, 5) is 14.6. The number of likely N-dealkylation sites (tertiary alicyclic amines) is 1. The van der Waals surface area contributed by atoms with Gasteiger partial charge in [-0.1, -0.05) is 30.3 Å². The van der Waals surface area contributed by atoms with E-state index >= 15 is 0 Å². The summed E-state index contributed by atoms with van der Waals surface area (Å²) in [7, 11) is 1.95. The van der Waals surface area contributed by atoms with Gasteiger partial charge in [0.25, 0.3) is 5.91 Å². The van der Waals surface area contributed by atoms with E-state index in [0.717, 1.165) is 30.8 Å². The van der Waals surface area contributed by atoms with Crippen LogP contribution in [0.3, 0.4) is 0 Å². The molecule has 0 saturated carbocycles. The number of hydrogen-bond acceptors (Lipinski definition) is 4. The van der Waals surface area contributed by atoms with Gasteiger partial charge in [0.15, 0.2) is 0 Å². The molecule has 0 spiro atoms. The van der Waals surface area contributed by atoms with Gasteiger partial charge in [-0.15, -0.1) is 10.2 Å². The van der Waals surface area contributed by atoms with Crippen molar-refractivity contribution in [2.75, 3.05) is 13.1 Å². The first-order valence-electron chi connectivity index (χ1n) is 8.43. The molecule has 1 fully saturated rings. The molecule has 0 N–H and O–H groups in total. The third-order valence-corrected chi connectivity index (χ3v) is 4.54. The first-order chi connectivity index (χ1) is 11.6. The van der Waals surface area contributed by atoms with Crippen LogP contribution >= 0.6 is 0 Å². The second-order valence-corrected chi connectivity index (χ2v) is 6.36. The highest BCUT2D eigenvalue weighted by Crippen LogP contribution is 2.25. The van der Waals surface area contributed by atoms with Gasteiger partial charge in [-0.2, -0.15) is 0 Å². The zero-order chi connectivity index (χ0) is 16.9. The van der Waals surface area contributed by atoms with Gasteiger partial charge in [0.1, 0.15) is 18.3 Å². The lowest BCUT2D eigenvalue weighted by atomic mass is 9.97. The maximum atomic E-state index is 12.7. The highest BCUT2D eigenvalue weighted by atomic mass is 16.5. The Morgan fingerprint density at radius 2 is 2.17 bits per heavy atom. The summed E-state index contributed by atoms with van der Waals surface area (Å²) >= 11 is 0. The van der Waals surface area contributed by atoms with Crippen molar-refractivity contribution in [3.8, 4) is 0 Å². The molecule has 1 amide bonds. The van der Waals surface area contributed by atoms with E-state index in [4.69, 9.17) is 4.74 Å². The Hall–Kier alpha value is -2.21. The SMILES string of the molecule is C[C@H](OCc1ccccc1)C(=O)N1CCC[C@@H](c2nncn2C)C1. The number of amides is 1. The summed E-state index contributed by atoms with van der Waals surface area (Å²) in [5, 5.41) is 8.15. The molecule has 1 aliphatic rings. The van der Waals surface area contributed by atoms with E-state index in [1.54, 1.807) is 6.33 Å². The van der Waals surface area contributed by atoms with Gasteiger partial charge in [-0.3, -0.25) is 4.79 Å². The summed E-state index contributed by atoms with van der Waals surface area (Å²) in [5.74, 6) is 1.25. The van der Waals surface area contributed by atoms with E-state index in [0.29, 0.717) is 13.2 Å². The summed E-state index contributed by atoms with van der Waals surface area (Å²) in [5.41, 5.74) is 1.08. The molecule has 6 nitrogen and oxygen atoms in total. The minimum Gasteiger partial charge on any atom is -0.364 e. The van der Waals surface area contributed by atoms with Crippen molar-refractivity contribution in [3.63, 3.8) is 0 Å². The number of nitrogens with zero attached hydrogens (tertiary/aromatic N) is 4. The molecule has 1 aromatic heterocycles. The van der Waals surface area contributed by atoms with Crippen molar-refractivity contribution in [1.29, 1.82) is 0 Å². The molecule has 2 atom stereocenters. The van der Waals surface area contributed by atoms with Crippen LogP contribution in [0.4, 0.5) is 0 Å². The number of rotatable bonds is 5. The molecule has 1 aliphatic heterocycles. The molecule has 0 bridgehead atoms. The van der Waals surface area contributed by atoms with Gasteiger partial charge < -0.3 is 14.2 Å². The largest absolute Gasteiger partial charge is 0.364 e. The maximum Gasteiger partial charge on any atom is 0.251 e. The minimum absolute atomic E-state index is 0.0535. The summed E-state index contributed by atoms with van der Waals surface area (Å²) in [6.07, 6.45) is 3.29. The normalized spacial score (nSPS) is 19.2. The monoisotopic (exact) mass is 328 g/mol. The number of hydrogen-bond donors (Lipinski definition) is 0. The number of carbonyl (C=O) groups excluding carboxylic acids is 1. The van der Waals surface area contributed by atoms with E-state index in [-0.39, 0.29) is 11.8 Å². The fraction of sp³-hybridized carbons (Fsp3) is 0.500. The lowest BCUT2D eigenvalue weighted by molar-refractivity contribution is -0.144. The number of aryl methyl sites for hydroxylation is 1. The molecule has 0 unspecified atom stereocenters. The van der Waals surface area contributed by atoms with Crippen LogP contribution in [-0.2, 0) is 23.2 Å². The van der Waals surface area contributed by atoms with Crippen molar-refractivity contribution >= 4 is 5.91 Å². The molecular formula is C18H24N4O2. The first kappa shape index (κ1) is 16.6. The van der Waals surface area contributed by atoms with Crippen molar-refractivity contribution in [3.05, 3.63) is 48.0 Å². The van der Waals surface area contributed by atoms with Gasteiger partial charge in [-0.05, 0) is 25.3 Å². The number of benzene rings is 1. The Morgan fingerprint density at radius 1 is 1.38 bits per heavy atom. The predicted molar refractivity (Wildman–Crippen MR) is 90.3 cm³/mol. The summed E-state index contributed by atoms with van der Waals surface area (Å²) in [6, 6.07) is 9.92. The topological polar surface area (TPSA) is 60.2 Å². The quantitative estimate of drug-likeness (QED) is 0.843. The average molecular weight is 328 g/mol. The van der Waals surface area contributed by atoms with Crippen molar-refractivity contribution in [2.24, 2.45) is 7.05 Å². The van der Waals surface area contributed by atoms with E-state index in [1.807, 2.05) is 53.8 Å². The van der Waals surface area contributed by atoms with Crippen LogP contribution in [0, 0.1) is 0 Å². The van der Waals surface area contributed by atoms with E-state index < -0.39 is 6.10 Å². The van der Waals surface area contributed by atoms with Gasteiger partial charge in [0.2, 0.25) is 0 Å². The first-order valence-corrected chi connectivity index (χ1v) is 8.43. The number of aromatic nitrogens is 3. The zero-order valence-corrected chi connectivity index (χ0v) is 14.3. The average Bonchev–Trinajstić information content (AvgIpc) is 3.06. The number of carbonyl (C=O) groups is 1. The molecule has 0 aliphatic carbocycles. The molecule has 24 heavy (non-hydrogen) atoms. The predicted octanol–water partition coefficient (Wildman–Crippen LogP) is 2.13. The number of ether oxygens (including phenoxy) is 1. The Labute approximate surface area is 142 Å². The van der Waals surface area contributed by atoms with Gasteiger partial charge >= 0.3 is 0 Å². The third kappa shape index (κ3) is 3.82. The second-order valence-electron chi connectivity index (χ2n) is 6.36. The second kappa shape index (κ2) is 7.57. The van der Waals surface area contributed by atoms with E-state index in [2.05, 4.69) is 10.2 Å². The summed E-state index contributed by atoms with van der Waals surface area (Å²) in [6.45, 7) is 3.75. The molecule has 2 aromatic rings. The summed E-state index contributed by atoms with van der Waals surface area (Å²) < 4.78 is 7.71. The van der Waals surface area contributed by atoms with Crippen LogP contribution < -0.4 is 0 Å². The molecule has 2 heterocycles. The van der Waals surface area contributed by atoms with Crippen LogP contribution in [0.1, 0.15) is 37.1 Å². The highest BCUT2D eigenvalue weighted by molar-refractivity contribution is 5.80. The maximum absolute atomic E-state index is 12.7. The number of piperidine rings is 1. The minimum atomic E-state index is -0.441. The van der Waals surface area contributed by atoms with Crippen LogP contribution in [0.5, 0.6) is 0 Å². The Kier molecular flexibility index (Phi) is 5.25. The fourth-order valence-electron chi connectivity index (χ4n) is 3.17. The molecule has 3 rings (SSSR count). The molecule has 1 saturated heterocycles. The Morgan fingerprint density at radius 3 is 2.88 bits per heavy atom. The van der Waals surface area contributed by atoms with Crippen LogP contribution in [0.25, 0.3) is 0 Å². The van der Waals surface area contributed by atoms with Crippen LogP contribution in [-0.4, -0.2) is 44.8 Å². The van der Waals surface area contributed by atoms with Gasteiger partial charge in [-0.25, -0.2) is 0 Å². The fourth-order valence-corrected chi connectivity index (χ4v) is 3.17. The van der Waals surface area contributed by atoms with Crippen LogP contribution in [0.15, 0.2) is 36.7 Å². The van der Waals surface area contributed by atoms with E-state index in [1.165, 1.54) is 0 Å².